The van der Waals surface area contributed by atoms with Crippen LogP contribution in [0.1, 0.15) is 51.1 Å². The fraction of sp³-hybridized carbons (Fsp3) is 0.706. The predicted octanol–water partition coefficient (Wildman–Crippen LogP) is 3.35. The van der Waals surface area contributed by atoms with Gasteiger partial charge >= 0.3 is 0 Å². The molecular weight excluding hydrogens is 246 g/mol. The molecule has 0 atom stereocenters. The summed E-state index contributed by atoms with van der Waals surface area (Å²) < 4.78 is 0. The van der Waals surface area contributed by atoms with E-state index in [1.807, 2.05) is 0 Å². The Bertz CT molecular complexity index is 434. The molecule has 0 saturated heterocycles. The average molecular weight is 273 g/mol. The van der Waals surface area contributed by atoms with Gasteiger partial charge in [-0.05, 0) is 56.6 Å². The van der Waals surface area contributed by atoms with E-state index >= 15 is 0 Å². The maximum Gasteiger partial charge on any atom is 0.128 e. The monoisotopic (exact) mass is 273 g/mol. The summed E-state index contributed by atoms with van der Waals surface area (Å²) in [6.45, 7) is 3.28. The number of anilines is 1. The molecule has 2 aliphatic rings. The van der Waals surface area contributed by atoms with Crippen molar-refractivity contribution in [2.45, 2.75) is 64.1 Å². The molecule has 3 heteroatoms. The van der Waals surface area contributed by atoms with Crippen LogP contribution in [0.4, 0.5) is 5.82 Å². The number of hydrogen-bond acceptors (Lipinski definition) is 3. The van der Waals surface area contributed by atoms with E-state index in [2.05, 4.69) is 42.4 Å². The van der Waals surface area contributed by atoms with Gasteiger partial charge in [0.15, 0.2) is 0 Å². The predicted molar refractivity (Wildman–Crippen MR) is 83.9 cm³/mol. The second-order valence-corrected chi connectivity index (χ2v) is 6.67. The molecule has 0 aromatic carbocycles. The summed E-state index contributed by atoms with van der Waals surface area (Å²) in [6, 6.07) is 7.85. The van der Waals surface area contributed by atoms with Crippen molar-refractivity contribution in [1.29, 1.82) is 0 Å². The topological polar surface area (TPSA) is 28.2 Å². The van der Waals surface area contributed by atoms with E-state index in [4.69, 9.17) is 4.98 Å². The number of nitrogens with one attached hydrogen (secondary N) is 1. The molecule has 1 N–H and O–H groups in total. The summed E-state index contributed by atoms with van der Waals surface area (Å²) >= 11 is 0. The fourth-order valence-electron chi connectivity index (χ4n) is 3.12. The SMILES string of the molecule is CC1CCC(N(C)c2cccc(CNC3CC3)n2)CC1. The number of nitrogens with zero attached hydrogens (tertiary/aromatic N) is 2. The smallest absolute Gasteiger partial charge is 0.128 e. The van der Waals surface area contributed by atoms with Gasteiger partial charge in [0.2, 0.25) is 0 Å². The first-order valence-electron chi connectivity index (χ1n) is 8.14. The third-order valence-corrected chi connectivity index (χ3v) is 4.84. The molecule has 2 saturated carbocycles. The molecule has 110 valence electrons. The number of rotatable bonds is 5. The van der Waals surface area contributed by atoms with Gasteiger partial charge in [0.1, 0.15) is 5.82 Å². The van der Waals surface area contributed by atoms with Gasteiger partial charge in [0.05, 0.1) is 5.69 Å². The highest BCUT2D eigenvalue weighted by atomic mass is 15.2. The molecule has 3 nitrogen and oxygen atoms in total. The first-order valence-corrected chi connectivity index (χ1v) is 8.14. The Morgan fingerprint density at radius 2 is 1.90 bits per heavy atom. The van der Waals surface area contributed by atoms with Crippen LogP contribution < -0.4 is 10.2 Å². The summed E-state index contributed by atoms with van der Waals surface area (Å²) in [7, 11) is 2.21. The summed E-state index contributed by atoms with van der Waals surface area (Å²) in [5.74, 6) is 2.04. The third-order valence-electron chi connectivity index (χ3n) is 4.84. The molecule has 3 rings (SSSR count). The third kappa shape index (κ3) is 3.51. The molecule has 2 aliphatic carbocycles. The molecule has 0 aliphatic heterocycles. The maximum absolute atomic E-state index is 4.83. The van der Waals surface area contributed by atoms with Crippen LogP contribution in [-0.2, 0) is 6.54 Å². The van der Waals surface area contributed by atoms with Crippen molar-refractivity contribution in [3.63, 3.8) is 0 Å². The zero-order valence-electron chi connectivity index (χ0n) is 12.8. The van der Waals surface area contributed by atoms with Gasteiger partial charge in [-0.15, -0.1) is 0 Å². The summed E-state index contributed by atoms with van der Waals surface area (Å²) in [4.78, 5) is 7.23. The van der Waals surface area contributed by atoms with E-state index in [0.29, 0.717) is 6.04 Å². The Hall–Kier alpha value is -1.09. The minimum atomic E-state index is 0.672. The van der Waals surface area contributed by atoms with E-state index in [0.717, 1.165) is 24.3 Å². The molecule has 0 radical (unpaired) electrons. The number of pyridine rings is 1. The maximum atomic E-state index is 4.83. The lowest BCUT2D eigenvalue weighted by molar-refractivity contribution is 0.340. The van der Waals surface area contributed by atoms with E-state index < -0.39 is 0 Å². The van der Waals surface area contributed by atoms with Crippen LogP contribution in [0, 0.1) is 5.92 Å². The molecule has 1 aromatic heterocycles. The molecule has 2 fully saturated rings. The van der Waals surface area contributed by atoms with Crippen molar-refractivity contribution in [1.82, 2.24) is 10.3 Å². The Morgan fingerprint density at radius 1 is 1.15 bits per heavy atom. The fourth-order valence-corrected chi connectivity index (χ4v) is 3.12. The van der Waals surface area contributed by atoms with Crippen molar-refractivity contribution >= 4 is 5.82 Å². The Labute approximate surface area is 122 Å². The normalized spacial score (nSPS) is 26.5. The second kappa shape index (κ2) is 6.13. The van der Waals surface area contributed by atoms with Crippen LogP contribution >= 0.6 is 0 Å². The van der Waals surface area contributed by atoms with E-state index in [9.17, 15) is 0 Å². The Kier molecular flexibility index (Phi) is 4.25. The molecule has 0 unspecified atom stereocenters. The molecule has 20 heavy (non-hydrogen) atoms. The summed E-state index contributed by atoms with van der Waals surface area (Å²) in [6.07, 6.45) is 8.00. The lowest BCUT2D eigenvalue weighted by Gasteiger charge is -2.34. The van der Waals surface area contributed by atoms with Crippen molar-refractivity contribution in [3.8, 4) is 0 Å². The van der Waals surface area contributed by atoms with Crippen LogP contribution in [0.25, 0.3) is 0 Å². The standard InChI is InChI=1S/C17H27N3/c1-13-6-10-16(11-7-13)20(2)17-5-3-4-15(19-17)12-18-14-8-9-14/h3-5,13-14,16,18H,6-12H2,1-2H3. The van der Waals surface area contributed by atoms with Crippen LogP contribution in [0.2, 0.25) is 0 Å². The Morgan fingerprint density at radius 3 is 2.60 bits per heavy atom. The zero-order valence-corrected chi connectivity index (χ0v) is 12.8. The van der Waals surface area contributed by atoms with E-state index in [1.165, 1.54) is 44.2 Å². The van der Waals surface area contributed by atoms with Gasteiger partial charge in [-0.3, -0.25) is 0 Å². The van der Waals surface area contributed by atoms with E-state index in [-0.39, 0.29) is 0 Å². The molecule has 0 bridgehead atoms. The van der Waals surface area contributed by atoms with Gasteiger partial charge in [0, 0.05) is 25.7 Å². The molecular formula is C17H27N3. The van der Waals surface area contributed by atoms with Crippen LogP contribution in [0.15, 0.2) is 18.2 Å². The van der Waals surface area contributed by atoms with Gasteiger partial charge in [-0.1, -0.05) is 13.0 Å². The highest BCUT2D eigenvalue weighted by Crippen LogP contribution is 2.28. The molecule has 1 aromatic rings. The number of hydrogen-bond donors (Lipinski definition) is 1. The lowest BCUT2D eigenvalue weighted by Crippen LogP contribution is -2.35. The van der Waals surface area contributed by atoms with Crippen molar-refractivity contribution < 1.29 is 0 Å². The van der Waals surface area contributed by atoms with Gasteiger partial charge in [-0.25, -0.2) is 4.98 Å². The van der Waals surface area contributed by atoms with E-state index in [1.54, 1.807) is 0 Å². The van der Waals surface area contributed by atoms with Crippen molar-refractivity contribution in [2.75, 3.05) is 11.9 Å². The van der Waals surface area contributed by atoms with Gasteiger partial charge in [-0.2, -0.15) is 0 Å². The van der Waals surface area contributed by atoms with Gasteiger partial charge in [0.25, 0.3) is 0 Å². The van der Waals surface area contributed by atoms with Crippen molar-refractivity contribution in [2.24, 2.45) is 5.92 Å². The Balaban J connectivity index is 1.61. The van der Waals surface area contributed by atoms with Gasteiger partial charge < -0.3 is 10.2 Å². The second-order valence-electron chi connectivity index (χ2n) is 6.67. The average Bonchev–Trinajstić information content (AvgIpc) is 3.30. The number of aromatic nitrogens is 1. The van der Waals surface area contributed by atoms with Crippen molar-refractivity contribution in [3.05, 3.63) is 23.9 Å². The minimum absolute atomic E-state index is 0.672. The van der Waals surface area contributed by atoms with Crippen LogP contribution in [0.3, 0.4) is 0 Å². The minimum Gasteiger partial charge on any atom is -0.357 e. The molecule has 0 amide bonds. The first kappa shape index (κ1) is 13.9. The highest BCUT2D eigenvalue weighted by Gasteiger charge is 2.23. The lowest BCUT2D eigenvalue weighted by atomic mass is 9.87. The summed E-state index contributed by atoms with van der Waals surface area (Å²) in [5.41, 5.74) is 1.17. The molecule has 0 spiro atoms. The zero-order chi connectivity index (χ0) is 13.9. The van der Waals surface area contributed by atoms with Crippen LogP contribution in [0.5, 0.6) is 0 Å². The summed E-state index contributed by atoms with van der Waals surface area (Å²) in [5, 5.41) is 3.54. The van der Waals surface area contributed by atoms with Crippen LogP contribution in [-0.4, -0.2) is 24.1 Å². The molecule has 1 heterocycles. The largest absolute Gasteiger partial charge is 0.357 e. The highest BCUT2D eigenvalue weighted by molar-refractivity contribution is 5.39. The first-order chi connectivity index (χ1) is 9.72. The quantitative estimate of drug-likeness (QED) is 0.891.